The van der Waals surface area contributed by atoms with Crippen molar-refractivity contribution < 1.29 is 24.1 Å². The fourth-order valence-electron chi connectivity index (χ4n) is 1.80. The molecule has 4 nitrogen and oxygen atoms in total. The van der Waals surface area contributed by atoms with E-state index in [1.807, 2.05) is 0 Å². The molecule has 0 aliphatic carbocycles. The molecule has 110 valence electrons. The molecule has 21 heavy (non-hydrogen) atoms. The normalized spacial score (nSPS) is 12.0. The molecule has 0 heterocycles. The average Bonchev–Trinajstić information content (AvgIpc) is 2.46. The van der Waals surface area contributed by atoms with Crippen LogP contribution >= 0.6 is 0 Å². The van der Waals surface area contributed by atoms with E-state index in [2.05, 4.69) is 0 Å². The number of rotatable bonds is 5. The lowest BCUT2D eigenvalue weighted by Gasteiger charge is -2.10. The molecule has 0 amide bonds. The maximum atomic E-state index is 13.8. The zero-order chi connectivity index (χ0) is 15.4. The number of hydrogen-bond donors (Lipinski definition) is 2. The zero-order valence-electron chi connectivity index (χ0n) is 11.4. The Labute approximate surface area is 121 Å². The summed E-state index contributed by atoms with van der Waals surface area (Å²) < 4.78 is 19.1. The summed E-state index contributed by atoms with van der Waals surface area (Å²) in [6.45, 7) is 1.68. The van der Waals surface area contributed by atoms with E-state index in [0.717, 1.165) is 5.56 Å². The average molecular weight is 290 g/mol. The number of aliphatic hydroxyl groups excluding tert-OH is 1. The minimum atomic E-state index is -0.998. The number of carboxylic acids is 1. The molecule has 0 saturated heterocycles. The van der Waals surface area contributed by atoms with Crippen LogP contribution in [0.25, 0.3) is 0 Å². The van der Waals surface area contributed by atoms with Gasteiger partial charge in [-0.2, -0.15) is 0 Å². The van der Waals surface area contributed by atoms with Crippen LogP contribution in [0.1, 0.15) is 34.5 Å². The fraction of sp³-hybridized carbons (Fsp3) is 0.188. The van der Waals surface area contributed by atoms with Crippen LogP contribution in [-0.2, 0) is 6.61 Å². The predicted molar refractivity (Wildman–Crippen MR) is 74.8 cm³/mol. The first kappa shape index (κ1) is 15.0. The Hall–Kier alpha value is -2.40. The van der Waals surface area contributed by atoms with E-state index in [1.54, 1.807) is 25.1 Å². The van der Waals surface area contributed by atoms with Gasteiger partial charge in [-0.05, 0) is 42.3 Å². The number of halogens is 1. The van der Waals surface area contributed by atoms with Gasteiger partial charge in [0.1, 0.15) is 6.61 Å². The Morgan fingerprint density at radius 1 is 1.24 bits per heavy atom. The van der Waals surface area contributed by atoms with E-state index >= 15 is 0 Å². The largest absolute Gasteiger partial charge is 0.486 e. The summed E-state index contributed by atoms with van der Waals surface area (Å²) >= 11 is 0. The first-order chi connectivity index (χ1) is 9.97. The lowest BCUT2D eigenvalue weighted by atomic mass is 10.1. The van der Waals surface area contributed by atoms with Crippen molar-refractivity contribution in [1.29, 1.82) is 0 Å². The predicted octanol–water partition coefficient (Wildman–Crippen LogP) is 3.16. The number of carboxylic acid groups (broad SMARTS) is 1. The lowest BCUT2D eigenvalue weighted by Crippen LogP contribution is -2.01. The standard InChI is InChI=1S/C16H15FO4/c1-10(18)13-6-7-15(14(17)8-13)21-9-11-2-4-12(5-3-11)16(19)20/h2-8,10,18H,9H2,1H3,(H,19,20)/t10-/m0/s1. The van der Waals surface area contributed by atoms with Gasteiger partial charge in [0, 0.05) is 0 Å². The molecule has 0 aliphatic heterocycles. The van der Waals surface area contributed by atoms with Gasteiger partial charge in [0.25, 0.3) is 0 Å². The van der Waals surface area contributed by atoms with Crippen molar-refractivity contribution >= 4 is 5.97 Å². The second-order valence-corrected chi connectivity index (χ2v) is 4.66. The first-order valence-corrected chi connectivity index (χ1v) is 6.40. The molecule has 0 aromatic heterocycles. The third-order valence-corrected chi connectivity index (χ3v) is 3.03. The monoisotopic (exact) mass is 290 g/mol. The fourth-order valence-corrected chi connectivity index (χ4v) is 1.80. The molecular formula is C16H15FO4. The summed E-state index contributed by atoms with van der Waals surface area (Å²) in [5.74, 6) is -1.46. The highest BCUT2D eigenvalue weighted by atomic mass is 19.1. The molecule has 0 saturated carbocycles. The van der Waals surface area contributed by atoms with Gasteiger partial charge in [0.05, 0.1) is 11.7 Å². The number of carbonyl (C=O) groups is 1. The molecule has 2 aromatic carbocycles. The Bertz CT molecular complexity index is 635. The molecule has 0 radical (unpaired) electrons. The summed E-state index contributed by atoms with van der Waals surface area (Å²) in [7, 11) is 0. The third-order valence-electron chi connectivity index (χ3n) is 3.03. The number of ether oxygens (including phenoxy) is 1. The SMILES string of the molecule is C[C@H](O)c1ccc(OCc2ccc(C(=O)O)cc2)c(F)c1. The molecule has 1 atom stereocenters. The van der Waals surface area contributed by atoms with E-state index in [4.69, 9.17) is 9.84 Å². The molecule has 2 aromatic rings. The van der Waals surface area contributed by atoms with Gasteiger partial charge in [-0.3, -0.25) is 0 Å². The van der Waals surface area contributed by atoms with E-state index in [1.165, 1.54) is 24.3 Å². The van der Waals surface area contributed by atoms with Crippen molar-refractivity contribution in [2.75, 3.05) is 0 Å². The molecule has 2 N–H and O–H groups in total. The van der Waals surface area contributed by atoms with Crippen LogP contribution in [0.2, 0.25) is 0 Å². The van der Waals surface area contributed by atoms with Gasteiger partial charge in [0.2, 0.25) is 0 Å². The molecular weight excluding hydrogens is 275 g/mol. The van der Waals surface area contributed by atoms with Crippen LogP contribution < -0.4 is 4.74 Å². The molecule has 0 unspecified atom stereocenters. The van der Waals surface area contributed by atoms with Gasteiger partial charge in [-0.1, -0.05) is 18.2 Å². The minimum Gasteiger partial charge on any atom is -0.486 e. The summed E-state index contributed by atoms with van der Waals surface area (Å²) in [5.41, 5.74) is 1.40. The summed E-state index contributed by atoms with van der Waals surface area (Å²) in [5, 5.41) is 18.2. The summed E-state index contributed by atoms with van der Waals surface area (Å²) in [6.07, 6.45) is -0.739. The third kappa shape index (κ3) is 3.79. The highest BCUT2D eigenvalue weighted by Gasteiger charge is 2.08. The topological polar surface area (TPSA) is 66.8 Å². The quantitative estimate of drug-likeness (QED) is 0.887. The lowest BCUT2D eigenvalue weighted by molar-refractivity contribution is 0.0697. The second kappa shape index (κ2) is 6.37. The number of aliphatic hydroxyl groups is 1. The van der Waals surface area contributed by atoms with Crippen LogP contribution in [0.4, 0.5) is 4.39 Å². The highest BCUT2D eigenvalue weighted by molar-refractivity contribution is 5.87. The second-order valence-electron chi connectivity index (χ2n) is 4.66. The van der Waals surface area contributed by atoms with Crippen LogP contribution in [0.15, 0.2) is 42.5 Å². The van der Waals surface area contributed by atoms with Crippen molar-refractivity contribution in [2.24, 2.45) is 0 Å². The van der Waals surface area contributed by atoms with Crippen molar-refractivity contribution in [2.45, 2.75) is 19.6 Å². The molecule has 0 aliphatic rings. The van der Waals surface area contributed by atoms with E-state index in [0.29, 0.717) is 5.56 Å². The van der Waals surface area contributed by atoms with E-state index in [-0.39, 0.29) is 17.9 Å². The Balaban J connectivity index is 2.04. The molecule has 0 spiro atoms. The molecule has 5 heteroatoms. The van der Waals surface area contributed by atoms with Gasteiger partial charge in [-0.15, -0.1) is 0 Å². The summed E-state index contributed by atoms with van der Waals surface area (Å²) in [4.78, 5) is 10.7. The number of benzene rings is 2. The van der Waals surface area contributed by atoms with Gasteiger partial charge < -0.3 is 14.9 Å². The van der Waals surface area contributed by atoms with Crippen molar-refractivity contribution in [3.05, 3.63) is 65.0 Å². The number of aromatic carboxylic acids is 1. The van der Waals surface area contributed by atoms with Gasteiger partial charge in [-0.25, -0.2) is 9.18 Å². The van der Waals surface area contributed by atoms with Crippen LogP contribution in [0.3, 0.4) is 0 Å². The highest BCUT2D eigenvalue weighted by Crippen LogP contribution is 2.22. The van der Waals surface area contributed by atoms with Crippen molar-refractivity contribution in [1.82, 2.24) is 0 Å². The summed E-state index contributed by atoms with van der Waals surface area (Å²) in [6, 6.07) is 10.5. The van der Waals surface area contributed by atoms with Crippen LogP contribution in [0, 0.1) is 5.82 Å². The maximum Gasteiger partial charge on any atom is 0.335 e. The molecule has 0 fully saturated rings. The van der Waals surface area contributed by atoms with Gasteiger partial charge in [0.15, 0.2) is 11.6 Å². The first-order valence-electron chi connectivity index (χ1n) is 6.40. The maximum absolute atomic E-state index is 13.8. The Morgan fingerprint density at radius 2 is 1.90 bits per heavy atom. The Morgan fingerprint density at radius 3 is 2.43 bits per heavy atom. The van der Waals surface area contributed by atoms with Crippen molar-refractivity contribution in [3.63, 3.8) is 0 Å². The molecule has 2 rings (SSSR count). The van der Waals surface area contributed by atoms with Gasteiger partial charge >= 0.3 is 5.97 Å². The van der Waals surface area contributed by atoms with E-state index < -0.39 is 17.9 Å². The smallest absolute Gasteiger partial charge is 0.335 e. The van der Waals surface area contributed by atoms with Crippen LogP contribution in [0.5, 0.6) is 5.75 Å². The van der Waals surface area contributed by atoms with Crippen molar-refractivity contribution in [3.8, 4) is 5.75 Å². The van der Waals surface area contributed by atoms with Crippen LogP contribution in [-0.4, -0.2) is 16.2 Å². The van der Waals surface area contributed by atoms with E-state index in [9.17, 15) is 14.3 Å². The Kier molecular flexibility index (Phi) is 4.55. The molecule has 0 bridgehead atoms. The zero-order valence-corrected chi connectivity index (χ0v) is 11.4. The number of hydrogen-bond acceptors (Lipinski definition) is 3. The minimum absolute atomic E-state index is 0.0849.